The number of esters is 1. The number of carboxylic acid groups (broad SMARTS) is 1. The maximum absolute atomic E-state index is 13.8. The third-order valence-corrected chi connectivity index (χ3v) is 7.15. The standard InChI is InChI=1S/C29H25N3O6/c1-2-37-29(36)17-8-6-12-32(15-17)22-14-21(30-18-9-5-7-16(13-18)28(34)35)23-24-25(22)31-38-27(24)20-11-4-3-10-19(20)26(23)33/h3-5,7,9-11,13-14,17,30H,2,6,8,12,15H2,1H3,(H,34,35)/t17-/m0/s1. The van der Waals surface area contributed by atoms with Gasteiger partial charge in [0.2, 0.25) is 0 Å². The quantitative estimate of drug-likeness (QED) is 0.294. The average molecular weight is 512 g/mol. The summed E-state index contributed by atoms with van der Waals surface area (Å²) in [7, 11) is 0. The molecule has 38 heavy (non-hydrogen) atoms. The maximum atomic E-state index is 13.8. The molecule has 1 fully saturated rings. The topological polar surface area (TPSA) is 122 Å². The number of fused-ring (bicyclic) bond motifs is 2. The van der Waals surface area contributed by atoms with Crippen molar-refractivity contribution in [3.63, 3.8) is 0 Å². The van der Waals surface area contributed by atoms with E-state index < -0.39 is 5.97 Å². The van der Waals surface area contributed by atoms with E-state index in [-0.39, 0.29) is 23.2 Å². The first-order valence-electron chi connectivity index (χ1n) is 12.6. The van der Waals surface area contributed by atoms with Crippen LogP contribution in [-0.2, 0) is 9.53 Å². The van der Waals surface area contributed by atoms with Crippen molar-refractivity contribution >= 4 is 45.7 Å². The molecular weight excluding hydrogens is 486 g/mol. The number of aromatic carboxylic acids is 1. The van der Waals surface area contributed by atoms with Crippen molar-refractivity contribution in [2.45, 2.75) is 19.8 Å². The lowest BCUT2D eigenvalue weighted by Gasteiger charge is -2.34. The second-order valence-corrected chi connectivity index (χ2v) is 9.48. The van der Waals surface area contributed by atoms with Crippen molar-refractivity contribution in [3.05, 3.63) is 71.3 Å². The number of aromatic nitrogens is 1. The molecule has 0 amide bonds. The number of ketones is 1. The number of benzene rings is 3. The highest BCUT2D eigenvalue weighted by Crippen LogP contribution is 2.46. The van der Waals surface area contributed by atoms with E-state index in [4.69, 9.17) is 9.26 Å². The molecule has 2 N–H and O–H groups in total. The van der Waals surface area contributed by atoms with Gasteiger partial charge in [-0.1, -0.05) is 35.5 Å². The van der Waals surface area contributed by atoms with Gasteiger partial charge in [0.15, 0.2) is 11.5 Å². The van der Waals surface area contributed by atoms with Crippen LogP contribution in [0, 0.1) is 5.92 Å². The molecule has 192 valence electrons. The molecule has 3 aromatic carbocycles. The van der Waals surface area contributed by atoms with Gasteiger partial charge in [0.05, 0.1) is 40.4 Å². The molecule has 1 atom stereocenters. The highest BCUT2D eigenvalue weighted by atomic mass is 16.5. The van der Waals surface area contributed by atoms with Crippen molar-refractivity contribution < 1.29 is 28.8 Å². The zero-order valence-corrected chi connectivity index (χ0v) is 20.7. The fourth-order valence-electron chi connectivity index (χ4n) is 5.42. The van der Waals surface area contributed by atoms with E-state index in [1.54, 1.807) is 31.2 Å². The maximum Gasteiger partial charge on any atom is 0.335 e. The molecule has 1 aliphatic heterocycles. The lowest BCUT2D eigenvalue weighted by atomic mass is 9.86. The molecule has 2 heterocycles. The molecule has 0 unspecified atom stereocenters. The van der Waals surface area contributed by atoms with Gasteiger partial charge in [-0.2, -0.15) is 0 Å². The van der Waals surface area contributed by atoms with Crippen LogP contribution in [0.4, 0.5) is 17.1 Å². The van der Waals surface area contributed by atoms with Crippen LogP contribution in [0.2, 0.25) is 0 Å². The van der Waals surface area contributed by atoms with E-state index >= 15 is 0 Å². The Morgan fingerprint density at radius 1 is 1.16 bits per heavy atom. The van der Waals surface area contributed by atoms with E-state index in [2.05, 4.69) is 15.4 Å². The predicted octanol–water partition coefficient (Wildman–Crippen LogP) is 5.26. The minimum absolute atomic E-state index is 0.126. The van der Waals surface area contributed by atoms with Crippen molar-refractivity contribution in [3.8, 4) is 11.3 Å². The number of carboxylic acids is 1. The largest absolute Gasteiger partial charge is 0.478 e. The lowest BCUT2D eigenvalue weighted by Crippen LogP contribution is -2.39. The van der Waals surface area contributed by atoms with Crippen LogP contribution in [0.25, 0.3) is 22.2 Å². The number of nitrogens with zero attached hydrogens (tertiary/aromatic N) is 2. The van der Waals surface area contributed by atoms with E-state index in [0.717, 1.165) is 18.5 Å². The molecule has 1 aromatic heterocycles. The van der Waals surface area contributed by atoms with Crippen molar-refractivity contribution in [1.82, 2.24) is 5.16 Å². The summed E-state index contributed by atoms with van der Waals surface area (Å²) in [6.07, 6.45) is 1.53. The minimum Gasteiger partial charge on any atom is -0.478 e. The third-order valence-electron chi connectivity index (χ3n) is 7.15. The van der Waals surface area contributed by atoms with Gasteiger partial charge in [-0.15, -0.1) is 0 Å². The first kappa shape index (κ1) is 23.7. The third kappa shape index (κ3) is 3.87. The molecule has 4 aromatic rings. The number of rotatable bonds is 6. The van der Waals surface area contributed by atoms with Crippen molar-refractivity contribution in [1.29, 1.82) is 0 Å². The van der Waals surface area contributed by atoms with Gasteiger partial charge in [0, 0.05) is 29.9 Å². The monoisotopic (exact) mass is 511 g/mol. The van der Waals surface area contributed by atoms with Gasteiger partial charge in [0.25, 0.3) is 0 Å². The number of nitrogens with one attached hydrogen (secondary N) is 1. The smallest absolute Gasteiger partial charge is 0.335 e. The number of hydrogen-bond donors (Lipinski definition) is 2. The number of hydrogen-bond acceptors (Lipinski definition) is 8. The number of carbonyl (C=O) groups is 3. The highest BCUT2D eigenvalue weighted by Gasteiger charge is 2.35. The molecule has 0 bridgehead atoms. The second-order valence-electron chi connectivity index (χ2n) is 9.48. The van der Waals surface area contributed by atoms with Crippen LogP contribution in [0.15, 0.2) is 59.1 Å². The summed E-state index contributed by atoms with van der Waals surface area (Å²) in [5.74, 6) is -1.21. The molecule has 9 heteroatoms. The fraction of sp³-hybridized carbons (Fsp3) is 0.241. The fourth-order valence-corrected chi connectivity index (χ4v) is 5.42. The Balaban J connectivity index is 1.52. The Labute approximate surface area is 218 Å². The van der Waals surface area contributed by atoms with Crippen molar-refractivity contribution in [2.75, 3.05) is 29.9 Å². The molecule has 0 saturated carbocycles. The van der Waals surface area contributed by atoms with Crippen LogP contribution in [0.5, 0.6) is 0 Å². The summed E-state index contributed by atoms with van der Waals surface area (Å²) in [6.45, 7) is 3.27. The van der Waals surface area contributed by atoms with Gasteiger partial charge < -0.3 is 24.6 Å². The van der Waals surface area contributed by atoms with E-state index in [1.165, 1.54) is 12.1 Å². The second kappa shape index (κ2) is 9.33. The molecule has 1 aliphatic carbocycles. The number of anilines is 3. The van der Waals surface area contributed by atoms with Crippen LogP contribution >= 0.6 is 0 Å². The molecule has 0 spiro atoms. The highest BCUT2D eigenvalue weighted by molar-refractivity contribution is 6.28. The van der Waals surface area contributed by atoms with Crippen molar-refractivity contribution in [2.24, 2.45) is 5.92 Å². The van der Waals surface area contributed by atoms with Gasteiger partial charge in [-0.25, -0.2) is 4.79 Å². The van der Waals surface area contributed by atoms with E-state index in [1.807, 2.05) is 18.2 Å². The van der Waals surface area contributed by atoms with Crippen LogP contribution < -0.4 is 10.2 Å². The Hall–Kier alpha value is -4.66. The summed E-state index contributed by atoms with van der Waals surface area (Å²) >= 11 is 0. The molecule has 0 radical (unpaired) electrons. The minimum atomic E-state index is -1.05. The number of carbonyl (C=O) groups excluding carboxylic acids is 2. The normalized spacial score (nSPS) is 16.3. The van der Waals surface area contributed by atoms with Gasteiger partial charge in [-0.3, -0.25) is 9.59 Å². The number of ether oxygens (including phenoxy) is 1. The SMILES string of the molecule is CCOC(=O)[C@H]1CCCN(c2cc(Nc3cccc(C(=O)O)c3)c3c4c(onc24)-c2ccccc2C3=O)C1. The number of piperidine rings is 1. The summed E-state index contributed by atoms with van der Waals surface area (Å²) in [5, 5.41) is 17.7. The van der Waals surface area contributed by atoms with Crippen LogP contribution in [0.1, 0.15) is 46.0 Å². The molecule has 2 aliphatic rings. The van der Waals surface area contributed by atoms with Crippen LogP contribution in [-0.4, -0.2) is 47.7 Å². The summed E-state index contributed by atoms with van der Waals surface area (Å²) in [4.78, 5) is 40.0. The predicted molar refractivity (Wildman–Crippen MR) is 141 cm³/mol. The van der Waals surface area contributed by atoms with Gasteiger partial charge in [0.1, 0.15) is 5.52 Å². The Bertz CT molecular complexity index is 1610. The first-order chi connectivity index (χ1) is 18.5. The summed E-state index contributed by atoms with van der Waals surface area (Å²) in [6, 6.07) is 15.5. The van der Waals surface area contributed by atoms with E-state index in [0.29, 0.717) is 64.4 Å². The van der Waals surface area contributed by atoms with Gasteiger partial charge in [-0.05, 0) is 44.0 Å². The Morgan fingerprint density at radius 2 is 1.97 bits per heavy atom. The summed E-state index contributed by atoms with van der Waals surface area (Å²) in [5.41, 5.74) is 4.04. The molecular formula is C29H25N3O6. The average Bonchev–Trinajstić information content (AvgIpc) is 3.37. The van der Waals surface area contributed by atoms with Gasteiger partial charge >= 0.3 is 11.9 Å². The Morgan fingerprint density at radius 3 is 2.76 bits per heavy atom. The van der Waals surface area contributed by atoms with Crippen LogP contribution in [0.3, 0.4) is 0 Å². The Kier molecular flexibility index (Phi) is 5.83. The molecule has 1 saturated heterocycles. The zero-order valence-electron chi connectivity index (χ0n) is 20.7. The first-order valence-corrected chi connectivity index (χ1v) is 12.6. The summed E-state index contributed by atoms with van der Waals surface area (Å²) < 4.78 is 11.1. The lowest BCUT2D eigenvalue weighted by molar-refractivity contribution is -0.148. The molecule has 9 nitrogen and oxygen atoms in total. The molecule has 6 rings (SSSR count). The van der Waals surface area contributed by atoms with E-state index in [9.17, 15) is 19.5 Å². The zero-order chi connectivity index (χ0) is 26.4.